The molecule has 0 saturated heterocycles. The third kappa shape index (κ3) is 76.4. The highest BCUT2D eigenvalue weighted by atomic mass is 31.2. The summed E-state index contributed by atoms with van der Waals surface area (Å²) in [6.07, 6.45) is 58.6. The summed E-state index contributed by atoms with van der Waals surface area (Å²) < 4.78 is 82.4. The van der Waals surface area contributed by atoms with Gasteiger partial charge in [-0.05, 0) is 57.8 Å². The van der Waals surface area contributed by atoms with Gasteiger partial charge in [0, 0.05) is 45.2 Å². The normalized spacial score (nSPS) is 14.2. The van der Waals surface area contributed by atoms with E-state index >= 15 is 0 Å². The molecule has 0 aliphatic rings. The second-order valence-electron chi connectivity index (χ2n) is 30.5. The average molecular weight is 1580 g/mol. The molecule has 0 aliphatic carbocycles. The molecule has 21 nitrogen and oxygen atoms in total. The van der Waals surface area contributed by atoms with Crippen LogP contribution in [0.4, 0.5) is 4.79 Å². The number of esters is 3. The summed E-state index contributed by atoms with van der Waals surface area (Å²) >= 11 is 0. The lowest BCUT2D eigenvalue weighted by atomic mass is 10.0. The zero-order chi connectivity index (χ0) is 79.2. The van der Waals surface area contributed by atoms with Gasteiger partial charge in [-0.25, -0.2) is 4.79 Å². The predicted octanol–water partition coefficient (Wildman–Crippen LogP) is 22.3. The van der Waals surface area contributed by atoms with Gasteiger partial charge in [-0.3, -0.25) is 23.5 Å². The molecular formula is C85H166N2O19P2-2. The van der Waals surface area contributed by atoms with Gasteiger partial charge in [-0.2, -0.15) is 0 Å². The van der Waals surface area contributed by atoms with Crippen LogP contribution in [0.25, 0.3) is 0 Å². The Balaban J connectivity index is 5.57. The molecule has 0 saturated carbocycles. The average Bonchev–Trinajstić information content (AvgIpc) is 0.915. The molecule has 23 heteroatoms. The van der Waals surface area contributed by atoms with E-state index in [2.05, 4.69) is 52.2 Å². The lowest BCUT2D eigenvalue weighted by Crippen LogP contribution is -2.39. The molecule has 108 heavy (non-hydrogen) atoms. The minimum absolute atomic E-state index is 0.115. The molecule has 0 radical (unpaired) electrons. The van der Waals surface area contributed by atoms with Crippen LogP contribution >= 0.6 is 15.6 Å². The van der Waals surface area contributed by atoms with E-state index in [1.165, 1.54) is 180 Å². The number of phosphoric acid groups is 2. The highest BCUT2D eigenvalue weighted by molar-refractivity contribution is 7.46. The molecular weight excluding hydrogens is 1410 g/mol. The summed E-state index contributed by atoms with van der Waals surface area (Å²) in [4.78, 5) is 78.1. The van der Waals surface area contributed by atoms with Crippen LogP contribution in [-0.2, 0) is 70.0 Å². The summed E-state index contributed by atoms with van der Waals surface area (Å²) in [6, 6.07) is -0.768. The van der Waals surface area contributed by atoms with E-state index in [-0.39, 0.29) is 70.1 Å². The van der Waals surface area contributed by atoms with Crippen molar-refractivity contribution in [1.82, 2.24) is 10.6 Å². The lowest BCUT2D eigenvalue weighted by Gasteiger charge is -2.27. The second-order valence-corrected chi connectivity index (χ2v) is 33.3. The number of nitrogens with one attached hydrogen (secondary N) is 2. The Morgan fingerprint density at radius 2 is 0.546 bits per heavy atom. The molecule has 0 aromatic carbocycles. The summed E-state index contributed by atoms with van der Waals surface area (Å²) in [5, 5.41) is 15.9. The van der Waals surface area contributed by atoms with Crippen LogP contribution in [0.1, 0.15) is 427 Å². The maximum atomic E-state index is 13.2. The fourth-order valence-electron chi connectivity index (χ4n) is 13.2. The van der Waals surface area contributed by atoms with E-state index in [4.69, 9.17) is 46.5 Å². The van der Waals surface area contributed by atoms with Crippen LogP contribution in [-0.4, -0.2) is 126 Å². The highest BCUT2D eigenvalue weighted by Gasteiger charge is 2.24. The van der Waals surface area contributed by atoms with Crippen LogP contribution in [0.3, 0.4) is 0 Å². The molecule has 0 rings (SSSR count). The van der Waals surface area contributed by atoms with E-state index in [0.29, 0.717) is 51.4 Å². The minimum Gasteiger partial charge on any atom is -0.756 e. The van der Waals surface area contributed by atoms with Crippen molar-refractivity contribution in [2.75, 3.05) is 65.9 Å². The fourth-order valence-corrected chi connectivity index (χ4v) is 14.6. The number of ether oxygens (including phenoxy) is 6. The monoisotopic (exact) mass is 1580 g/mol. The Labute approximate surface area is 660 Å². The van der Waals surface area contributed by atoms with E-state index in [1.54, 1.807) is 0 Å². The maximum Gasteiger partial charge on any atom is 0.314 e. The summed E-state index contributed by atoms with van der Waals surface area (Å²) in [7, 11) is -9.98. The van der Waals surface area contributed by atoms with Crippen molar-refractivity contribution in [3.8, 4) is 0 Å². The largest absolute Gasteiger partial charge is 0.756 e. The van der Waals surface area contributed by atoms with Crippen molar-refractivity contribution in [3.05, 3.63) is 0 Å². The smallest absolute Gasteiger partial charge is 0.314 e. The predicted molar refractivity (Wildman–Crippen MR) is 434 cm³/mol. The van der Waals surface area contributed by atoms with E-state index in [9.17, 15) is 43.2 Å². The molecule has 3 N–H and O–H groups in total. The quantitative estimate of drug-likeness (QED) is 0.0168. The number of rotatable bonds is 87. The Bertz CT molecular complexity index is 2090. The molecule has 7 atom stereocenters. The van der Waals surface area contributed by atoms with Crippen molar-refractivity contribution >= 4 is 39.6 Å². The number of amides is 2. The van der Waals surface area contributed by atoms with Gasteiger partial charge >= 0.3 is 23.9 Å². The van der Waals surface area contributed by atoms with Gasteiger partial charge in [0.25, 0.3) is 15.6 Å². The number of hydrogen-bond donors (Lipinski definition) is 3. The van der Waals surface area contributed by atoms with Crippen molar-refractivity contribution < 1.29 is 89.7 Å². The first kappa shape index (κ1) is 106. The Hall–Kier alpha value is -2.26. The first-order valence-electron chi connectivity index (χ1n) is 44.8. The number of unbranched alkanes of at least 4 members (excludes halogenated alkanes) is 46. The number of carbonyl (C=O) groups is 4. The molecule has 0 aliphatic heterocycles. The van der Waals surface area contributed by atoms with Gasteiger partial charge in [0.1, 0.15) is 24.4 Å². The summed E-state index contributed by atoms with van der Waals surface area (Å²) in [5.41, 5.74) is 0. The van der Waals surface area contributed by atoms with Crippen molar-refractivity contribution in [1.29, 1.82) is 0 Å². The number of hydrogen-bond acceptors (Lipinski definition) is 19. The minimum atomic E-state index is -5.00. The molecule has 0 fully saturated rings. The van der Waals surface area contributed by atoms with Crippen molar-refractivity contribution in [2.24, 2.45) is 0 Å². The van der Waals surface area contributed by atoms with Gasteiger partial charge in [-0.1, -0.05) is 337 Å². The van der Waals surface area contributed by atoms with Gasteiger partial charge < -0.3 is 72.0 Å². The molecule has 0 spiro atoms. The lowest BCUT2D eigenvalue weighted by molar-refractivity contribution is -0.232. The zero-order valence-electron chi connectivity index (χ0n) is 70.1. The Morgan fingerprint density at radius 3 is 0.852 bits per heavy atom. The first-order valence-corrected chi connectivity index (χ1v) is 47.7. The summed E-state index contributed by atoms with van der Waals surface area (Å²) in [6.45, 7) is 10.6. The zero-order valence-corrected chi connectivity index (χ0v) is 71.9. The third-order valence-electron chi connectivity index (χ3n) is 19.9. The molecule has 0 bridgehead atoms. The van der Waals surface area contributed by atoms with Crippen molar-refractivity contribution in [2.45, 2.75) is 457 Å². The number of aliphatic hydroxyl groups excluding tert-OH is 1. The number of aliphatic hydroxyl groups is 1. The van der Waals surface area contributed by atoms with E-state index in [0.717, 1.165) is 148 Å². The van der Waals surface area contributed by atoms with Crippen molar-refractivity contribution in [3.63, 3.8) is 0 Å². The van der Waals surface area contributed by atoms with Gasteiger partial charge in [0.15, 0.2) is 6.29 Å². The van der Waals surface area contributed by atoms with Crippen LogP contribution in [0, 0.1) is 0 Å². The second kappa shape index (κ2) is 79.9. The molecule has 2 amide bonds. The number of phosphoric ester groups is 2. The molecule has 7 unspecified atom stereocenters. The van der Waals surface area contributed by atoms with Gasteiger partial charge in [0.05, 0.1) is 52.9 Å². The number of carbonyl (C=O) groups excluding carboxylic acids is 4. The summed E-state index contributed by atoms with van der Waals surface area (Å²) in [5.74, 6) is -0.919. The SMILES string of the molecule is CCCCCCCCCCCCCCC(=O)OC(COCCC(CCCCCCC)OC(=O)CCCCCCCCCCCC)COP(=O)([O-])OCCNC(=O)NCCOP(=O)([O-])OCC(COCCC(CCCCCCC)OC(=O)CCCCCCCCCCC)OC(O)CCCCCCCCCCCCC. The van der Waals surface area contributed by atoms with Crippen LogP contribution in [0.15, 0.2) is 0 Å². The standard InChI is InChI=1S/C85H168N2O19P2/c1-7-13-19-25-29-33-36-38-42-46-52-58-64-84(91)106-80(74-98-70-66-78(60-54-48-24-18-12-6)104-82(89)62-56-50-44-40-35-31-27-21-15-9-3)76-102-108(95,96)100-72-68-87-85(92)86-67-71-99-107(93,94)101-75-79(105-83(90)63-57-51-45-41-37-34-30-26-20-14-8-2)73-97-69-65-77(59-53-47-23-17-11-5)103-81(88)61-55-49-43-39-32-28-22-16-10-4/h77-80,83,90H,7-76H2,1-6H3,(H,93,94)(H,95,96)(H2,86,87,92)/p-2. The maximum absolute atomic E-state index is 13.2. The Morgan fingerprint density at radius 1 is 0.296 bits per heavy atom. The molecule has 0 aromatic heterocycles. The Kier molecular flexibility index (Phi) is 78.3. The van der Waals surface area contributed by atoms with E-state index < -0.39 is 72.6 Å². The van der Waals surface area contributed by atoms with Gasteiger partial charge in [0.2, 0.25) is 0 Å². The molecule has 0 aromatic rings. The van der Waals surface area contributed by atoms with E-state index in [1.807, 2.05) is 0 Å². The fraction of sp³-hybridized carbons (Fsp3) is 0.953. The first-order chi connectivity index (χ1) is 52.5. The van der Waals surface area contributed by atoms with Crippen LogP contribution < -0.4 is 20.4 Å². The molecule has 642 valence electrons. The van der Waals surface area contributed by atoms with Crippen LogP contribution in [0.2, 0.25) is 0 Å². The van der Waals surface area contributed by atoms with Crippen LogP contribution in [0.5, 0.6) is 0 Å². The topological polar surface area (TPSA) is 285 Å². The highest BCUT2D eigenvalue weighted by Crippen LogP contribution is 2.39. The van der Waals surface area contributed by atoms with Gasteiger partial charge in [-0.15, -0.1) is 0 Å². The third-order valence-corrected chi connectivity index (χ3v) is 21.8. The molecule has 0 heterocycles. The number of urea groups is 1.